The summed E-state index contributed by atoms with van der Waals surface area (Å²) in [7, 11) is 0. The van der Waals surface area contributed by atoms with Crippen molar-refractivity contribution in [1.82, 2.24) is 5.32 Å². The van der Waals surface area contributed by atoms with Gasteiger partial charge in [-0.1, -0.05) is 151 Å². The fourth-order valence-corrected chi connectivity index (χ4v) is 7.60. The molecule has 2 saturated heterocycles. The van der Waals surface area contributed by atoms with Crippen molar-refractivity contribution in [3.05, 3.63) is 143 Å². The van der Waals surface area contributed by atoms with Crippen LogP contribution in [0.15, 0.2) is 109 Å². The lowest BCUT2D eigenvalue weighted by molar-refractivity contribution is 0.00899. The molecule has 254 valence electrons. The SMILES string of the molecule is CC(C)c1cccc2cccc(C3CNC3)c12.CCc1cccc2cccc(C(C)CC)c12.CCc1cccc2cccc(C3COC3)c12. The summed E-state index contributed by atoms with van der Waals surface area (Å²) < 4.78 is 5.31. The van der Waals surface area contributed by atoms with Crippen molar-refractivity contribution in [3.8, 4) is 0 Å². The van der Waals surface area contributed by atoms with Gasteiger partial charge in [0.15, 0.2) is 0 Å². The number of nitrogens with one attached hydrogen (secondary N) is 1. The fourth-order valence-electron chi connectivity index (χ4n) is 7.60. The number of benzene rings is 6. The van der Waals surface area contributed by atoms with Crippen LogP contribution in [0.25, 0.3) is 32.3 Å². The van der Waals surface area contributed by atoms with Crippen LogP contribution in [0.4, 0.5) is 0 Å². The molecule has 1 N–H and O–H groups in total. The molecule has 6 aromatic rings. The second-order valence-corrected chi connectivity index (χ2v) is 14.3. The number of rotatable bonds is 7. The van der Waals surface area contributed by atoms with Gasteiger partial charge in [0.05, 0.1) is 13.2 Å². The summed E-state index contributed by atoms with van der Waals surface area (Å²) >= 11 is 0. The molecule has 8 rings (SSSR count). The smallest absolute Gasteiger partial charge is 0.0557 e. The molecule has 49 heavy (non-hydrogen) atoms. The van der Waals surface area contributed by atoms with Crippen molar-refractivity contribution in [2.75, 3.05) is 26.3 Å². The summed E-state index contributed by atoms with van der Waals surface area (Å²) in [6.07, 6.45) is 3.42. The van der Waals surface area contributed by atoms with Gasteiger partial charge in [0.1, 0.15) is 0 Å². The summed E-state index contributed by atoms with van der Waals surface area (Å²) in [5, 5.41) is 12.0. The second kappa shape index (κ2) is 16.2. The van der Waals surface area contributed by atoms with Crippen LogP contribution >= 0.6 is 0 Å². The first kappa shape index (κ1) is 34.9. The van der Waals surface area contributed by atoms with Crippen LogP contribution in [-0.4, -0.2) is 26.3 Å². The Bertz CT molecular complexity index is 1890. The van der Waals surface area contributed by atoms with Crippen LogP contribution in [0.1, 0.15) is 105 Å². The maximum atomic E-state index is 5.31. The zero-order valence-corrected chi connectivity index (χ0v) is 30.6. The van der Waals surface area contributed by atoms with Crippen molar-refractivity contribution >= 4 is 32.3 Å². The van der Waals surface area contributed by atoms with E-state index in [1.165, 1.54) is 72.1 Å². The van der Waals surface area contributed by atoms with E-state index in [0.29, 0.717) is 23.7 Å². The Morgan fingerprint density at radius 3 is 1.49 bits per heavy atom. The molecule has 2 aliphatic heterocycles. The van der Waals surface area contributed by atoms with Gasteiger partial charge < -0.3 is 10.1 Å². The third-order valence-corrected chi connectivity index (χ3v) is 10.8. The molecule has 2 nitrogen and oxygen atoms in total. The average molecular weight is 650 g/mol. The van der Waals surface area contributed by atoms with Gasteiger partial charge in [0.2, 0.25) is 0 Å². The maximum absolute atomic E-state index is 5.31. The first-order chi connectivity index (χ1) is 23.9. The lowest BCUT2D eigenvalue weighted by atomic mass is 9.85. The average Bonchev–Trinajstić information content (AvgIpc) is 3.09. The van der Waals surface area contributed by atoms with Gasteiger partial charge >= 0.3 is 0 Å². The summed E-state index contributed by atoms with van der Waals surface area (Å²) in [4.78, 5) is 0. The molecule has 2 heteroatoms. The number of aryl methyl sites for hydroxylation is 2. The lowest BCUT2D eigenvalue weighted by Gasteiger charge is -2.29. The molecule has 0 spiro atoms. The number of hydrogen-bond acceptors (Lipinski definition) is 2. The molecule has 6 aromatic carbocycles. The third-order valence-electron chi connectivity index (χ3n) is 10.8. The molecule has 0 aliphatic carbocycles. The van der Waals surface area contributed by atoms with Gasteiger partial charge in [-0.3, -0.25) is 0 Å². The zero-order valence-electron chi connectivity index (χ0n) is 30.6. The van der Waals surface area contributed by atoms with Crippen molar-refractivity contribution < 1.29 is 4.74 Å². The zero-order chi connectivity index (χ0) is 34.3. The Morgan fingerprint density at radius 2 is 1.02 bits per heavy atom. The van der Waals surface area contributed by atoms with E-state index in [0.717, 1.165) is 39.1 Å². The Labute approximate surface area is 294 Å². The Morgan fingerprint density at radius 1 is 0.551 bits per heavy atom. The van der Waals surface area contributed by atoms with E-state index in [2.05, 4.69) is 156 Å². The van der Waals surface area contributed by atoms with Crippen molar-refractivity contribution in [2.24, 2.45) is 0 Å². The van der Waals surface area contributed by atoms with Crippen LogP contribution in [-0.2, 0) is 17.6 Å². The molecule has 0 aromatic heterocycles. The van der Waals surface area contributed by atoms with Crippen LogP contribution in [0.3, 0.4) is 0 Å². The topological polar surface area (TPSA) is 21.3 Å². The van der Waals surface area contributed by atoms with E-state index in [1.54, 1.807) is 0 Å². The molecular weight excluding hydrogens is 595 g/mol. The normalized spacial score (nSPS) is 15.2. The molecule has 2 heterocycles. The van der Waals surface area contributed by atoms with Gasteiger partial charge in [0, 0.05) is 24.9 Å². The predicted octanol–water partition coefficient (Wildman–Crippen LogP) is 12.1. The minimum atomic E-state index is 0.591. The Hall–Kier alpha value is -3.98. The Balaban J connectivity index is 0.000000128. The fraction of sp³-hybridized carbons (Fsp3) is 0.362. The Kier molecular flexibility index (Phi) is 11.5. The summed E-state index contributed by atoms with van der Waals surface area (Å²) in [5.41, 5.74) is 8.95. The van der Waals surface area contributed by atoms with E-state index >= 15 is 0 Å². The van der Waals surface area contributed by atoms with Gasteiger partial charge in [-0.2, -0.15) is 0 Å². The first-order valence-electron chi connectivity index (χ1n) is 18.8. The summed E-state index contributed by atoms with van der Waals surface area (Å²) in [6.45, 7) is 17.6. The number of ether oxygens (including phenoxy) is 1. The monoisotopic (exact) mass is 649 g/mol. The highest BCUT2D eigenvalue weighted by Gasteiger charge is 2.23. The molecule has 0 radical (unpaired) electrons. The molecule has 0 bridgehead atoms. The highest BCUT2D eigenvalue weighted by molar-refractivity contribution is 5.91. The molecule has 1 unspecified atom stereocenters. The molecule has 0 amide bonds. The van der Waals surface area contributed by atoms with Gasteiger partial charge in [-0.15, -0.1) is 0 Å². The molecular formula is C47H55NO. The second-order valence-electron chi connectivity index (χ2n) is 14.3. The predicted molar refractivity (Wildman–Crippen MR) is 213 cm³/mol. The maximum Gasteiger partial charge on any atom is 0.0557 e. The van der Waals surface area contributed by atoms with E-state index in [1.807, 2.05) is 0 Å². The van der Waals surface area contributed by atoms with E-state index < -0.39 is 0 Å². The van der Waals surface area contributed by atoms with E-state index in [-0.39, 0.29) is 0 Å². The van der Waals surface area contributed by atoms with Gasteiger partial charge in [0.25, 0.3) is 0 Å². The molecule has 1 atom stereocenters. The van der Waals surface area contributed by atoms with Crippen LogP contribution in [0.2, 0.25) is 0 Å². The first-order valence-corrected chi connectivity index (χ1v) is 18.8. The van der Waals surface area contributed by atoms with Gasteiger partial charge in [-0.05, 0) is 96.8 Å². The van der Waals surface area contributed by atoms with E-state index in [4.69, 9.17) is 4.74 Å². The highest BCUT2D eigenvalue weighted by Crippen LogP contribution is 2.35. The molecule has 0 saturated carbocycles. The minimum absolute atomic E-state index is 0.591. The largest absolute Gasteiger partial charge is 0.380 e. The van der Waals surface area contributed by atoms with Crippen molar-refractivity contribution in [1.29, 1.82) is 0 Å². The lowest BCUT2D eigenvalue weighted by Crippen LogP contribution is -2.40. The number of fused-ring (bicyclic) bond motifs is 3. The molecule has 2 fully saturated rings. The summed E-state index contributed by atoms with van der Waals surface area (Å²) in [5.74, 6) is 2.55. The van der Waals surface area contributed by atoms with E-state index in [9.17, 15) is 0 Å². The quantitative estimate of drug-likeness (QED) is 0.186. The highest BCUT2D eigenvalue weighted by atomic mass is 16.5. The number of hydrogen-bond donors (Lipinski definition) is 1. The van der Waals surface area contributed by atoms with Crippen LogP contribution < -0.4 is 5.32 Å². The van der Waals surface area contributed by atoms with Crippen molar-refractivity contribution in [3.63, 3.8) is 0 Å². The molecule has 2 aliphatic rings. The van der Waals surface area contributed by atoms with Crippen molar-refractivity contribution in [2.45, 2.75) is 84.5 Å². The van der Waals surface area contributed by atoms with Crippen LogP contribution in [0.5, 0.6) is 0 Å². The minimum Gasteiger partial charge on any atom is -0.380 e. The van der Waals surface area contributed by atoms with Gasteiger partial charge in [-0.25, -0.2) is 0 Å². The standard InChI is InChI=1S/C16H19N.C16H20.C15H16O/c1-11(2)14-7-3-5-12-6-4-8-15(16(12)14)13-9-17-10-13;1-4-12(3)15-11-7-10-14-9-6-8-13(5-2)16(14)15;1-2-11-5-3-6-12-7-4-8-14(15(11)12)13-9-16-10-13/h3-8,11,13,17H,9-10H2,1-2H3;6-12H,4-5H2,1-3H3;3-8,13H,2,9-10H2,1H3. The third kappa shape index (κ3) is 7.47. The van der Waals surface area contributed by atoms with Crippen LogP contribution in [0, 0.1) is 0 Å². The summed E-state index contributed by atoms with van der Waals surface area (Å²) in [6, 6.07) is 40.0.